The van der Waals surface area contributed by atoms with Gasteiger partial charge in [-0.2, -0.15) is 0 Å². The van der Waals surface area contributed by atoms with E-state index in [0.29, 0.717) is 10.8 Å². The van der Waals surface area contributed by atoms with Crippen molar-refractivity contribution in [1.82, 2.24) is 0 Å². The minimum Gasteiger partial charge on any atom is -0.263 e. The SMILES string of the molecule is CC(C)c1ccc(S(=O)(=O)N2c3ccccc3C[C@@H]2C)cc1. The number of fused-ring (bicyclic) bond motifs is 1. The predicted molar refractivity (Wildman–Crippen MR) is 89.8 cm³/mol. The van der Waals surface area contributed by atoms with Gasteiger partial charge in [-0.3, -0.25) is 4.31 Å². The zero-order chi connectivity index (χ0) is 15.9. The van der Waals surface area contributed by atoms with Gasteiger partial charge in [0.15, 0.2) is 0 Å². The number of hydrogen-bond donors (Lipinski definition) is 0. The topological polar surface area (TPSA) is 37.4 Å². The average molecular weight is 315 g/mol. The third-order valence-corrected chi connectivity index (χ3v) is 6.19. The molecule has 0 N–H and O–H groups in total. The standard InChI is InChI=1S/C18H21NO2S/c1-13(2)15-8-10-17(11-9-15)22(20,21)19-14(3)12-16-6-4-5-7-18(16)19/h4-11,13-14H,12H2,1-3H3/t14-/m0/s1. The van der Waals surface area contributed by atoms with E-state index in [2.05, 4.69) is 13.8 Å². The minimum atomic E-state index is -3.51. The molecule has 0 saturated carbocycles. The van der Waals surface area contributed by atoms with Gasteiger partial charge in [0.1, 0.15) is 0 Å². The number of para-hydroxylation sites is 1. The van der Waals surface area contributed by atoms with Gasteiger partial charge in [-0.05, 0) is 48.6 Å². The maximum Gasteiger partial charge on any atom is 0.264 e. The largest absolute Gasteiger partial charge is 0.264 e. The van der Waals surface area contributed by atoms with Crippen molar-refractivity contribution in [2.75, 3.05) is 4.31 Å². The van der Waals surface area contributed by atoms with Crippen LogP contribution in [-0.4, -0.2) is 14.5 Å². The summed E-state index contributed by atoms with van der Waals surface area (Å²) in [4.78, 5) is 0.362. The summed E-state index contributed by atoms with van der Waals surface area (Å²) in [7, 11) is -3.51. The van der Waals surface area contributed by atoms with Crippen LogP contribution < -0.4 is 4.31 Å². The fraction of sp³-hybridized carbons (Fsp3) is 0.333. The van der Waals surface area contributed by atoms with Crippen molar-refractivity contribution in [1.29, 1.82) is 0 Å². The molecule has 0 unspecified atom stereocenters. The molecule has 0 bridgehead atoms. The molecule has 1 aliphatic heterocycles. The first-order valence-corrected chi connectivity index (χ1v) is 9.07. The predicted octanol–water partition coefficient (Wildman–Crippen LogP) is 3.95. The van der Waals surface area contributed by atoms with Crippen LogP contribution in [0.1, 0.15) is 37.8 Å². The Labute approximate surface area is 132 Å². The summed E-state index contributed by atoms with van der Waals surface area (Å²) in [6, 6.07) is 14.9. The Balaban J connectivity index is 2.03. The Morgan fingerprint density at radius 1 is 1.05 bits per heavy atom. The zero-order valence-corrected chi connectivity index (χ0v) is 14.0. The van der Waals surface area contributed by atoms with Crippen molar-refractivity contribution in [2.45, 2.75) is 44.0 Å². The molecule has 3 rings (SSSR count). The molecule has 116 valence electrons. The Kier molecular flexibility index (Phi) is 3.73. The molecule has 2 aromatic rings. The quantitative estimate of drug-likeness (QED) is 0.860. The van der Waals surface area contributed by atoms with Gasteiger partial charge in [-0.1, -0.05) is 44.2 Å². The van der Waals surface area contributed by atoms with Crippen LogP contribution in [0.2, 0.25) is 0 Å². The number of nitrogens with zero attached hydrogens (tertiary/aromatic N) is 1. The van der Waals surface area contributed by atoms with Crippen LogP contribution in [-0.2, 0) is 16.4 Å². The van der Waals surface area contributed by atoms with Crippen LogP contribution >= 0.6 is 0 Å². The van der Waals surface area contributed by atoms with Gasteiger partial charge in [0.25, 0.3) is 10.0 Å². The van der Waals surface area contributed by atoms with Gasteiger partial charge in [-0.15, -0.1) is 0 Å². The van der Waals surface area contributed by atoms with Crippen LogP contribution in [0.4, 0.5) is 5.69 Å². The molecule has 0 aliphatic carbocycles. The minimum absolute atomic E-state index is 0.0489. The molecular formula is C18H21NO2S. The lowest BCUT2D eigenvalue weighted by Gasteiger charge is -2.24. The van der Waals surface area contributed by atoms with E-state index in [1.165, 1.54) is 0 Å². The van der Waals surface area contributed by atoms with Crippen LogP contribution in [0.25, 0.3) is 0 Å². The summed E-state index contributed by atoms with van der Waals surface area (Å²) in [5.41, 5.74) is 3.05. The third-order valence-electron chi connectivity index (χ3n) is 4.25. The molecule has 1 aliphatic rings. The average Bonchev–Trinajstić information content (AvgIpc) is 2.83. The molecule has 3 nitrogen and oxygen atoms in total. The summed E-state index contributed by atoms with van der Waals surface area (Å²) in [6.45, 7) is 6.16. The van der Waals surface area contributed by atoms with Crippen LogP contribution in [0.3, 0.4) is 0 Å². The molecule has 0 aromatic heterocycles. The van der Waals surface area contributed by atoms with Gasteiger partial charge in [0.05, 0.1) is 10.6 Å². The normalized spacial score (nSPS) is 17.8. The lowest BCUT2D eigenvalue weighted by molar-refractivity contribution is 0.584. The highest BCUT2D eigenvalue weighted by Gasteiger charge is 2.35. The van der Waals surface area contributed by atoms with Crippen molar-refractivity contribution in [2.24, 2.45) is 0 Å². The Bertz CT molecular complexity index is 779. The smallest absolute Gasteiger partial charge is 0.263 e. The van der Waals surface area contributed by atoms with E-state index in [9.17, 15) is 8.42 Å². The Morgan fingerprint density at radius 2 is 1.68 bits per heavy atom. The van der Waals surface area contributed by atoms with Crippen LogP contribution in [0.15, 0.2) is 53.4 Å². The van der Waals surface area contributed by atoms with E-state index in [1.54, 1.807) is 16.4 Å². The first-order valence-electron chi connectivity index (χ1n) is 7.63. The first kappa shape index (κ1) is 15.1. The molecule has 0 saturated heterocycles. The molecule has 1 heterocycles. The molecule has 22 heavy (non-hydrogen) atoms. The third kappa shape index (κ3) is 2.41. The number of benzene rings is 2. The van der Waals surface area contributed by atoms with Crippen LogP contribution in [0, 0.1) is 0 Å². The van der Waals surface area contributed by atoms with Crippen molar-refractivity contribution < 1.29 is 8.42 Å². The van der Waals surface area contributed by atoms with Crippen molar-refractivity contribution >= 4 is 15.7 Å². The molecule has 0 amide bonds. The van der Waals surface area contributed by atoms with E-state index in [-0.39, 0.29) is 6.04 Å². The summed E-state index contributed by atoms with van der Waals surface area (Å²) < 4.78 is 27.6. The van der Waals surface area contributed by atoms with Crippen molar-refractivity contribution in [3.05, 3.63) is 59.7 Å². The Hall–Kier alpha value is -1.81. The van der Waals surface area contributed by atoms with Gasteiger partial charge in [-0.25, -0.2) is 8.42 Å². The summed E-state index contributed by atoms with van der Waals surface area (Å²) in [5.74, 6) is 0.392. The van der Waals surface area contributed by atoms with E-state index in [0.717, 1.165) is 23.2 Å². The summed E-state index contributed by atoms with van der Waals surface area (Å²) >= 11 is 0. The van der Waals surface area contributed by atoms with E-state index in [4.69, 9.17) is 0 Å². The highest BCUT2D eigenvalue weighted by atomic mass is 32.2. The zero-order valence-electron chi connectivity index (χ0n) is 13.2. The fourth-order valence-corrected chi connectivity index (χ4v) is 4.73. The van der Waals surface area contributed by atoms with E-state index < -0.39 is 10.0 Å². The first-order chi connectivity index (χ1) is 10.4. The molecule has 0 spiro atoms. The highest BCUT2D eigenvalue weighted by molar-refractivity contribution is 7.92. The molecule has 4 heteroatoms. The van der Waals surface area contributed by atoms with Crippen LogP contribution in [0.5, 0.6) is 0 Å². The lowest BCUT2D eigenvalue weighted by atomic mass is 10.0. The molecular weight excluding hydrogens is 294 g/mol. The monoisotopic (exact) mass is 315 g/mol. The Morgan fingerprint density at radius 3 is 2.32 bits per heavy atom. The lowest BCUT2D eigenvalue weighted by Crippen LogP contribution is -2.35. The van der Waals surface area contributed by atoms with E-state index >= 15 is 0 Å². The second-order valence-electron chi connectivity index (χ2n) is 6.21. The number of hydrogen-bond acceptors (Lipinski definition) is 2. The number of sulfonamides is 1. The second kappa shape index (κ2) is 5.43. The number of rotatable bonds is 3. The van der Waals surface area contributed by atoms with Crippen molar-refractivity contribution in [3.8, 4) is 0 Å². The molecule has 0 radical (unpaired) electrons. The van der Waals surface area contributed by atoms with Crippen molar-refractivity contribution in [3.63, 3.8) is 0 Å². The number of anilines is 1. The van der Waals surface area contributed by atoms with Gasteiger partial charge >= 0.3 is 0 Å². The van der Waals surface area contributed by atoms with Gasteiger partial charge < -0.3 is 0 Å². The maximum absolute atomic E-state index is 13.0. The summed E-state index contributed by atoms with van der Waals surface area (Å²) in [6.07, 6.45) is 0.763. The van der Waals surface area contributed by atoms with Gasteiger partial charge in [0.2, 0.25) is 0 Å². The molecule has 2 aromatic carbocycles. The fourth-order valence-electron chi connectivity index (χ4n) is 3.04. The van der Waals surface area contributed by atoms with Gasteiger partial charge in [0, 0.05) is 6.04 Å². The highest BCUT2D eigenvalue weighted by Crippen LogP contribution is 2.36. The van der Waals surface area contributed by atoms with E-state index in [1.807, 2.05) is 43.3 Å². The maximum atomic E-state index is 13.0. The summed E-state index contributed by atoms with van der Waals surface area (Å²) in [5, 5.41) is 0. The molecule has 1 atom stereocenters. The molecule has 0 fully saturated rings. The second-order valence-corrected chi connectivity index (χ2v) is 8.02.